The summed E-state index contributed by atoms with van der Waals surface area (Å²) in [4.78, 5) is 4.80. The number of hydrogen-bond acceptors (Lipinski definition) is 4. The van der Waals surface area contributed by atoms with Crippen LogP contribution in [0.2, 0.25) is 0 Å². The molecule has 0 bridgehead atoms. The van der Waals surface area contributed by atoms with E-state index < -0.39 is 0 Å². The molecule has 218 valence electrons. The number of rotatable bonds is 6. The van der Waals surface area contributed by atoms with Gasteiger partial charge < -0.3 is 9.80 Å². The molecule has 2 aromatic heterocycles. The zero-order valence-electron chi connectivity index (χ0n) is 24.9. The Labute approximate surface area is 275 Å². The van der Waals surface area contributed by atoms with E-state index in [-0.39, 0.29) is 0 Å². The molecule has 0 amide bonds. The SMILES string of the molecule is c1ccc(N(c2ccc3c(c2)sc2ccccc23)c2cccc3c2sc2cccc(N(c4ccccc4)c4ccccc4)c23)cc1. The van der Waals surface area contributed by atoms with E-state index in [1.54, 1.807) is 0 Å². The van der Waals surface area contributed by atoms with Crippen LogP contribution in [0.15, 0.2) is 170 Å². The maximum absolute atomic E-state index is 2.42. The van der Waals surface area contributed by atoms with Gasteiger partial charge >= 0.3 is 0 Å². The average Bonchev–Trinajstić information content (AvgIpc) is 3.69. The molecule has 0 fully saturated rings. The molecule has 0 unspecified atom stereocenters. The summed E-state index contributed by atoms with van der Waals surface area (Å²) in [6.07, 6.45) is 0. The summed E-state index contributed by atoms with van der Waals surface area (Å²) in [7, 11) is 0. The van der Waals surface area contributed by atoms with Crippen molar-refractivity contribution in [3.05, 3.63) is 170 Å². The summed E-state index contributed by atoms with van der Waals surface area (Å²) in [6.45, 7) is 0. The predicted octanol–water partition coefficient (Wildman–Crippen LogP) is 13.4. The minimum absolute atomic E-state index is 1.14. The van der Waals surface area contributed by atoms with Crippen LogP contribution in [0.4, 0.5) is 34.1 Å². The lowest BCUT2D eigenvalue weighted by Gasteiger charge is -2.27. The number of thiophene rings is 2. The van der Waals surface area contributed by atoms with Crippen molar-refractivity contribution < 1.29 is 0 Å². The van der Waals surface area contributed by atoms with Gasteiger partial charge in [0, 0.05) is 58.4 Å². The van der Waals surface area contributed by atoms with E-state index >= 15 is 0 Å². The Morgan fingerprint density at radius 1 is 0.326 bits per heavy atom. The first-order valence-corrected chi connectivity index (χ1v) is 17.1. The largest absolute Gasteiger partial charge is 0.310 e. The fraction of sp³-hybridized carbons (Fsp3) is 0. The van der Waals surface area contributed by atoms with Crippen molar-refractivity contribution in [2.45, 2.75) is 0 Å². The van der Waals surface area contributed by atoms with Crippen molar-refractivity contribution in [2.24, 2.45) is 0 Å². The molecule has 0 saturated carbocycles. The van der Waals surface area contributed by atoms with E-state index in [9.17, 15) is 0 Å². The van der Waals surface area contributed by atoms with Gasteiger partial charge in [-0.05, 0) is 72.8 Å². The van der Waals surface area contributed by atoms with Crippen molar-refractivity contribution in [1.82, 2.24) is 0 Å². The molecule has 9 rings (SSSR count). The number of benzene rings is 7. The van der Waals surface area contributed by atoms with Crippen LogP contribution in [0.5, 0.6) is 0 Å². The summed E-state index contributed by atoms with van der Waals surface area (Å²) >= 11 is 3.73. The number of anilines is 6. The second kappa shape index (κ2) is 11.2. The van der Waals surface area contributed by atoms with Gasteiger partial charge in [-0.3, -0.25) is 0 Å². The fourth-order valence-electron chi connectivity index (χ4n) is 6.62. The lowest BCUT2D eigenvalue weighted by atomic mass is 10.1. The second-order valence-electron chi connectivity index (χ2n) is 11.4. The number of fused-ring (bicyclic) bond motifs is 6. The summed E-state index contributed by atoms with van der Waals surface area (Å²) < 4.78 is 5.16. The van der Waals surface area contributed by atoms with E-state index in [4.69, 9.17) is 0 Å². The topological polar surface area (TPSA) is 6.48 Å². The molecule has 7 aromatic carbocycles. The van der Waals surface area contributed by atoms with Gasteiger partial charge in [0.05, 0.1) is 16.1 Å². The lowest BCUT2D eigenvalue weighted by Crippen LogP contribution is -2.10. The van der Waals surface area contributed by atoms with Gasteiger partial charge in [-0.1, -0.05) is 97.1 Å². The molecule has 0 aliphatic rings. The zero-order valence-corrected chi connectivity index (χ0v) is 26.5. The quantitative estimate of drug-likeness (QED) is 0.182. The Morgan fingerprint density at radius 2 is 0.848 bits per heavy atom. The Bertz CT molecular complexity index is 2440. The van der Waals surface area contributed by atoms with Crippen molar-refractivity contribution >= 4 is 97.1 Å². The third-order valence-electron chi connectivity index (χ3n) is 8.63. The number of para-hydroxylation sites is 3. The third-order valence-corrected chi connectivity index (χ3v) is 11.0. The van der Waals surface area contributed by atoms with Gasteiger partial charge in [0.15, 0.2) is 0 Å². The van der Waals surface area contributed by atoms with Gasteiger partial charge in [-0.2, -0.15) is 0 Å². The van der Waals surface area contributed by atoms with Crippen LogP contribution >= 0.6 is 22.7 Å². The van der Waals surface area contributed by atoms with E-state index in [1.807, 2.05) is 22.7 Å². The molecule has 4 heteroatoms. The van der Waals surface area contributed by atoms with Crippen molar-refractivity contribution in [2.75, 3.05) is 9.80 Å². The van der Waals surface area contributed by atoms with E-state index in [2.05, 4.69) is 180 Å². The first kappa shape index (κ1) is 26.9. The highest BCUT2D eigenvalue weighted by molar-refractivity contribution is 7.26. The Balaban J connectivity index is 1.28. The van der Waals surface area contributed by atoms with Gasteiger partial charge in [0.25, 0.3) is 0 Å². The number of hydrogen-bond donors (Lipinski definition) is 0. The smallest absolute Gasteiger partial charge is 0.0640 e. The normalized spacial score (nSPS) is 11.5. The van der Waals surface area contributed by atoms with Crippen LogP contribution in [0.1, 0.15) is 0 Å². The monoisotopic (exact) mass is 624 g/mol. The van der Waals surface area contributed by atoms with E-state index in [0.717, 1.165) is 22.7 Å². The first-order chi connectivity index (χ1) is 22.8. The molecule has 0 spiro atoms. The third kappa shape index (κ3) is 4.46. The molecule has 0 aliphatic heterocycles. The van der Waals surface area contributed by atoms with Gasteiger partial charge in [0.1, 0.15) is 0 Å². The highest BCUT2D eigenvalue weighted by atomic mass is 32.1. The highest BCUT2D eigenvalue weighted by Crippen LogP contribution is 2.49. The van der Waals surface area contributed by atoms with Crippen molar-refractivity contribution in [3.63, 3.8) is 0 Å². The molecule has 0 atom stereocenters. The fourth-order valence-corrected chi connectivity index (χ4v) is 8.98. The van der Waals surface area contributed by atoms with Crippen LogP contribution in [0.25, 0.3) is 40.3 Å². The average molecular weight is 625 g/mol. The maximum atomic E-state index is 2.42. The number of nitrogens with zero attached hydrogens (tertiary/aromatic N) is 2. The van der Waals surface area contributed by atoms with Crippen LogP contribution in [0.3, 0.4) is 0 Å². The van der Waals surface area contributed by atoms with E-state index in [1.165, 1.54) is 51.7 Å². The summed E-state index contributed by atoms with van der Waals surface area (Å²) in [5, 5.41) is 5.16. The van der Waals surface area contributed by atoms with Gasteiger partial charge in [-0.15, -0.1) is 22.7 Å². The van der Waals surface area contributed by atoms with Crippen LogP contribution < -0.4 is 9.80 Å². The summed E-state index contributed by atoms with van der Waals surface area (Å²) in [5.74, 6) is 0. The first-order valence-electron chi connectivity index (χ1n) is 15.4. The molecular weight excluding hydrogens is 597 g/mol. The minimum atomic E-state index is 1.14. The predicted molar refractivity (Wildman–Crippen MR) is 202 cm³/mol. The van der Waals surface area contributed by atoms with Crippen LogP contribution in [0, 0.1) is 0 Å². The molecule has 2 nitrogen and oxygen atoms in total. The minimum Gasteiger partial charge on any atom is -0.310 e. The van der Waals surface area contributed by atoms with Gasteiger partial charge in [-0.25, -0.2) is 0 Å². The molecule has 0 radical (unpaired) electrons. The molecule has 46 heavy (non-hydrogen) atoms. The van der Waals surface area contributed by atoms with Gasteiger partial charge in [0.2, 0.25) is 0 Å². The molecular formula is C42H28N2S2. The lowest BCUT2D eigenvalue weighted by molar-refractivity contribution is 1.30. The van der Waals surface area contributed by atoms with Crippen molar-refractivity contribution in [3.8, 4) is 0 Å². The molecule has 0 aliphatic carbocycles. The molecule has 2 heterocycles. The van der Waals surface area contributed by atoms with E-state index in [0.29, 0.717) is 0 Å². The second-order valence-corrected chi connectivity index (χ2v) is 13.5. The Morgan fingerprint density at radius 3 is 1.54 bits per heavy atom. The summed E-state index contributed by atoms with van der Waals surface area (Å²) in [6, 6.07) is 61.2. The zero-order chi connectivity index (χ0) is 30.5. The summed E-state index contributed by atoms with van der Waals surface area (Å²) in [5.41, 5.74) is 6.94. The van der Waals surface area contributed by atoms with Crippen molar-refractivity contribution in [1.29, 1.82) is 0 Å². The molecule has 0 saturated heterocycles. The Hall–Kier alpha value is -5.42. The standard InChI is InChI=1S/C42H28N2S2/c1-4-14-29(15-5-1)43(30-16-6-2-7-17-30)36-22-13-25-39-41(36)35-21-12-23-37(42(35)46-39)44(31-18-8-3-9-19-31)32-26-27-34-33-20-10-11-24-38(33)45-40(34)28-32/h1-28H. The van der Waals surface area contributed by atoms with Crippen LogP contribution in [-0.2, 0) is 0 Å². The molecule has 9 aromatic rings. The molecule has 0 N–H and O–H groups in total. The maximum Gasteiger partial charge on any atom is 0.0640 e. The Kier molecular flexibility index (Phi) is 6.55. The van der Waals surface area contributed by atoms with Crippen LogP contribution in [-0.4, -0.2) is 0 Å². The highest BCUT2D eigenvalue weighted by Gasteiger charge is 2.22.